The topological polar surface area (TPSA) is 24.9 Å². The van der Waals surface area contributed by atoms with Gasteiger partial charge in [0.05, 0.1) is 5.69 Å². The van der Waals surface area contributed by atoms with E-state index in [0.29, 0.717) is 0 Å². The van der Waals surface area contributed by atoms with Gasteiger partial charge in [0, 0.05) is 18.9 Å². The largest absolute Gasteiger partial charge is 0.384 e. The molecule has 2 nitrogen and oxygen atoms in total. The van der Waals surface area contributed by atoms with Crippen molar-refractivity contribution in [3.63, 3.8) is 0 Å². The fourth-order valence-corrected chi connectivity index (χ4v) is 2.57. The lowest BCUT2D eigenvalue weighted by Gasteiger charge is -2.25. The van der Waals surface area contributed by atoms with E-state index < -0.39 is 0 Å². The summed E-state index contributed by atoms with van der Waals surface area (Å²) in [4.78, 5) is 4.10. The number of pyridine rings is 1. The Bertz CT molecular complexity index is 356. The van der Waals surface area contributed by atoms with E-state index in [1.165, 1.54) is 18.4 Å². The van der Waals surface area contributed by atoms with Crippen LogP contribution in [0.15, 0.2) is 36.2 Å². The molecule has 0 saturated carbocycles. The van der Waals surface area contributed by atoms with Crippen molar-refractivity contribution in [2.24, 2.45) is 11.8 Å². The highest BCUT2D eigenvalue weighted by Crippen LogP contribution is 2.27. The molecule has 0 fully saturated rings. The molecule has 1 heterocycles. The molecule has 2 rings (SSSR count). The Kier molecular flexibility index (Phi) is 3.60. The minimum atomic E-state index is 0.731. The third-order valence-corrected chi connectivity index (χ3v) is 3.14. The molecule has 0 bridgehead atoms. The average molecular weight is 216 g/mol. The number of nitrogens with one attached hydrogen (secondary N) is 1. The predicted octanol–water partition coefficient (Wildman–Crippen LogP) is 3.49. The fraction of sp³-hybridized carbons (Fsp3) is 0.500. The highest BCUT2D eigenvalue weighted by molar-refractivity contribution is 5.39. The zero-order valence-corrected chi connectivity index (χ0v) is 10.1. The first kappa shape index (κ1) is 11.2. The Morgan fingerprint density at radius 2 is 2.38 bits per heavy atom. The van der Waals surface area contributed by atoms with Crippen LogP contribution in [0.1, 0.15) is 26.7 Å². The van der Waals surface area contributed by atoms with Crippen LogP contribution in [0.25, 0.3) is 0 Å². The molecule has 2 unspecified atom stereocenters. The lowest BCUT2D eigenvalue weighted by atomic mass is 9.84. The lowest BCUT2D eigenvalue weighted by Crippen LogP contribution is -2.20. The Morgan fingerprint density at radius 3 is 3.06 bits per heavy atom. The fourth-order valence-electron chi connectivity index (χ4n) is 2.57. The molecule has 0 aliphatic heterocycles. The SMILES string of the molecule is CC1=CC(C)CC(CNc2cccnc2)C1. The maximum Gasteiger partial charge on any atom is 0.0526 e. The van der Waals surface area contributed by atoms with Crippen LogP contribution < -0.4 is 5.32 Å². The summed E-state index contributed by atoms with van der Waals surface area (Å²) in [6.45, 7) is 5.60. The zero-order chi connectivity index (χ0) is 11.4. The molecule has 1 aromatic rings. The molecule has 0 amide bonds. The van der Waals surface area contributed by atoms with E-state index in [4.69, 9.17) is 0 Å². The standard InChI is InChI=1S/C14H20N2/c1-11-6-12(2)8-13(7-11)9-16-14-4-3-5-15-10-14/h3-6,10-11,13,16H,7-9H2,1-2H3. The summed E-state index contributed by atoms with van der Waals surface area (Å²) in [6.07, 6.45) is 8.62. The normalized spacial score (nSPS) is 25.0. The van der Waals surface area contributed by atoms with Gasteiger partial charge in [-0.05, 0) is 43.7 Å². The van der Waals surface area contributed by atoms with Crippen LogP contribution in [0.4, 0.5) is 5.69 Å². The third kappa shape index (κ3) is 3.09. The number of aromatic nitrogens is 1. The second-order valence-corrected chi connectivity index (χ2v) is 4.92. The molecular formula is C14H20N2. The van der Waals surface area contributed by atoms with Gasteiger partial charge < -0.3 is 5.32 Å². The number of anilines is 1. The van der Waals surface area contributed by atoms with E-state index in [9.17, 15) is 0 Å². The summed E-state index contributed by atoms with van der Waals surface area (Å²) in [5.41, 5.74) is 2.67. The first-order chi connectivity index (χ1) is 7.74. The first-order valence-corrected chi connectivity index (χ1v) is 6.05. The second-order valence-electron chi connectivity index (χ2n) is 4.92. The van der Waals surface area contributed by atoms with Gasteiger partial charge in [0.1, 0.15) is 0 Å². The van der Waals surface area contributed by atoms with Crippen molar-refractivity contribution in [2.75, 3.05) is 11.9 Å². The van der Waals surface area contributed by atoms with Gasteiger partial charge >= 0.3 is 0 Å². The van der Waals surface area contributed by atoms with Crippen molar-refractivity contribution in [2.45, 2.75) is 26.7 Å². The van der Waals surface area contributed by atoms with Crippen LogP contribution in [0.3, 0.4) is 0 Å². The molecule has 1 aromatic heterocycles. The molecular weight excluding hydrogens is 196 g/mol. The van der Waals surface area contributed by atoms with Gasteiger partial charge in [0.2, 0.25) is 0 Å². The van der Waals surface area contributed by atoms with Crippen LogP contribution in [0.2, 0.25) is 0 Å². The molecule has 16 heavy (non-hydrogen) atoms. The molecule has 2 atom stereocenters. The summed E-state index contributed by atoms with van der Waals surface area (Å²) in [6, 6.07) is 4.04. The monoisotopic (exact) mass is 216 g/mol. The van der Waals surface area contributed by atoms with Gasteiger partial charge in [-0.1, -0.05) is 18.6 Å². The Morgan fingerprint density at radius 1 is 1.50 bits per heavy atom. The van der Waals surface area contributed by atoms with Gasteiger partial charge in [-0.25, -0.2) is 0 Å². The average Bonchev–Trinajstić information content (AvgIpc) is 2.27. The summed E-state index contributed by atoms with van der Waals surface area (Å²) in [7, 11) is 0. The van der Waals surface area contributed by atoms with Gasteiger partial charge in [-0.3, -0.25) is 4.98 Å². The van der Waals surface area contributed by atoms with Crippen molar-refractivity contribution in [3.8, 4) is 0 Å². The molecule has 2 heteroatoms. The number of hydrogen-bond donors (Lipinski definition) is 1. The molecule has 1 N–H and O–H groups in total. The number of hydrogen-bond acceptors (Lipinski definition) is 2. The number of allylic oxidation sites excluding steroid dienone is 2. The van der Waals surface area contributed by atoms with Crippen molar-refractivity contribution < 1.29 is 0 Å². The van der Waals surface area contributed by atoms with E-state index in [2.05, 4.69) is 36.3 Å². The van der Waals surface area contributed by atoms with E-state index in [0.717, 1.165) is 24.1 Å². The van der Waals surface area contributed by atoms with Crippen LogP contribution >= 0.6 is 0 Å². The van der Waals surface area contributed by atoms with E-state index in [1.54, 1.807) is 6.20 Å². The summed E-state index contributed by atoms with van der Waals surface area (Å²) >= 11 is 0. The van der Waals surface area contributed by atoms with Crippen molar-refractivity contribution in [3.05, 3.63) is 36.2 Å². The molecule has 1 aliphatic carbocycles. The number of nitrogens with zero attached hydrogens (tertiary/aromatic N) is 1. The minimum absolute atomic E-state index is 0.731. The summed E-state index contributed by atoms with van der Waals surface area (Å²) in [5.74, 6) is 1.50. The molecule has 0 aromatic carbocycles. The second kappa shape index (κ2) is 5.15. The Labute approximate surface area is 97.8 Å². The van der Waals surface area contributed by atoms with E-state index in [1.807, 2.05) is 12.3 Å². The van der Waals surface area contributed by atoms with E-state index in [-0.39, 0.29) is 0 Å². The van der Waals surface area contributed by atoms with Gasteiger partial charge in [0.15, 0.2) is 0 Å². The van der Waals surface area contributed by atoms with Gasteiger partial charge in [-0.15, -0.1) is 0 Å². The summed E-state index contributed by atoms with van der Waals surface area (Å²) in [5, 5.41) is 3.47. The highest BCUT2D eigenvalue weighted by Gasteiger charge is 2.17. The van der Waals surface area contributed by atoms with Crippen molar-refractivity contribution in [1.29, 1.82) is 0 Å². The zero-order valence-electron chi connectivity index (χ0n) is 10.1. The highest BCUT2D eigenvalue weighted by atomic mass is 14.9. The summed E-state index contributed by atoms with van der Waals surface area (Å²) < 4.78 is 0. The van der Waals surface area contributed by atoms with Crippen molar-refractivity contribution in [1.82, 2.24) is 4.98 Å². The molecule has 1 aliphatic rings. The minimum Gasteiger partial charge on any atom is -0.384 e. The van der Waals surface area contributed by atoms with Crippen LogP contribution in [0.5, 0.6) is 0 Å². The molecule has 0 radical (unpaired) electrons. The van der Waals surface area contributed by atoms with Gasteiger partial charge in [-0.2, -0.15) is 0 Å². The lowest BCUT2D eigenvalue weighted by molar-refractivity contribution is 0.421. The maximum absolute atomic E-state index is 4.10. The maximum atomic E-state index is 4.10. The van der Waals surface area contributed by atoms with Gasteiger partial charge in [0.25, 0.3) is 0 Å². The number of rotatable bonds is 3. The van der Waals surface area contributed by atoms with Crippen molar-refractivity contribution >= 4 is 5.69 Å². The third-order valence-electron chi connectivity index (χ3n) is 3.14. The van der Waals surface area contributed by atoms with Crippen LogP contribution in [0, 0.1) is 11.8 Å². The molecule has 0 saturated heterocycles. The predicted molar refractivity (Wildman–Crippen MR) is 68.4 cm³/mol. The molecule has 86 valence electrons. The Hall–Kier alpha value is -1.31. The quantitative estimate of drug-likeness (QED) is 0.782. The first-order valence-electron chi connectivity index (χ1n) is 6.05. The van der Waals surface area contributed by atoms with Crippen LogP contribution in [-0.4, -0.2) is 11.5 Å². The Balaban J connectivity index is 1.85. The smallest absolute Gasteiger partial charge is 0.0526 e. The van der Waals surface area contributed by atoms with E-state index >= 15 is 0 Å². The molecule has 0 spiro atoms. The van der Waals surface area contributed by atoms with Crippen LogP contribution in [-0.2, 0) is 0 Å².